The number of nitro groups is 1. The molecule has 1 aliphatic rings. The lowest BCUT2D eigenvalue weighted by molar-refractivity contribution is -0.384. The molecular formula is C23H13Br2ClN2O4S2. The molecule has 1 heterocycles. The molecule has 3 aromatic rings. The zero-order valence-electron chi connectivity index (χ0n) is 17.0. The zero-order valence-corrected chi connectivity index (χ0v) is 22.6. The summed E-state index contributed by atoms with van der Waals surface area (Å²) in [7, 11) is 0. The molecule has 0 bridgehead atoms. The van der Waals surface area contributed by atoms with Crippen LogP contribution in [0.1, 0.15) is 11.1 Å². The van der Waals surface area contributed by atoms with Crippen LogP contribution in [0.25, 0.3) is 6.08 Å². The molecule has 1 aliphatic heterocycles. The van der Waals surface area contributed by atoms with Crippen LogP contribution in [0.4, 0.5) is 11.4 Å². The fourth-order valence-electron chi connectivity index (χ4n) is 3.12. The van der Waals surface area contributed by atoms with E-state index in [2.05, 4.69) is 31.9 Å². The molecule has 0 aliphatic carbocycles. The number of non-ortho nitro benzene ring substituents is 1. The Morgan fingerprint density at radius 3 is 2.44 bits per heavy atom. The van der Waals surface area contributed by atoms with Crippen molar-refractivity contribution < 1.29 is 14.5 Å². The second-order valence-electron chi connectivity index (χ2n) is 7.02. The van der Waals surface area contributed by atoms with Crippen LogP contribution in [0, 0.1) is 10.1 Å². The highest BCUT2D eigenvalue weighted by Crippen LogP contribution is 2.40. The van der Waals surface area contributed by atoms with Crippen molar-refractivity contribution in [1.82, 2.24) is 0 Å². The molecule has 0 aromatic heterocycles. The van der Waals surface area contributed by atoms with E-state index >= 15 is 0 Å². The fourth-order valence-corrected chi connectivity index (χ4v) is 6.00. The highest BCUT2D eigenvalue weighted by molar-refractivity contribution is 9.11. The number of hydrogen-bond acceptors (Lipinski definition) is 6. The summed E-state index contributed by atoms with van der Waals surface area (Å²) in [5, 5.41) is 11.8. The van der Waals surface area contributed by atoms with Gasteiger partial charge in [0.05, 0.1) is 24.5 Å². The van der Waals surface area contributed by atoms with Gasteiger partial charge in [0, 0.05) is 17.2 Å². The molecule has 0 unspecified atom stereocenters. The Morgan fingerprint density at radius 2 is 1.79 bits per heavy atom. The van der Waals surface area contributed by atoms with Crippen molar-refractivity contribution in [3.63, 3.8) is 0 Å². The van der Waals surface area contributed by atoms with Crippen molar-refractivity contribution in [2.45, 2.75) is 6.61 Å². The topological polar surface area (TPSA) is 72.7 Å². The quantitative estimate of drug-likeness (QED) is 0.119. The number of nitro benzene ring substituents is 1. The Kier molecular flexibility index (Phi) is 7.73. The van der Waals surface area contributed by atoms with E-state index in [4.69, 9.17) is 28.6 Å². The first-order valence-electron chi connectivity index (χ1n) is 9.61. The zero-order chi connectivity index (χ0) is 24.4. The van der Waals surface area contributed by atoms with E-state index in [0.29, 0.717) is 41.2 Å². The van der Waals surface area contributed by atoms with Gasteiger partial charge in [-0.3, -0.25) is 19.8 Å². The minimum atomic E-state index is -0.511. The average Bonchev–Trinajstić information content (AvgIpc) is 3.07. The van der Waals surface area contributed by atoms with Gasteiger partial charge >= 0.3 is 0 Å². The maximum Gasteiger partial charge on any atom is 0.271 e. The van der Waals surface area contributed by atoms with Crippen molar-refractivity contribution in [2.75, 3.05) is 4.90 Å². The number of thioether (sulfide) groups is 1. The lowest BCUT2D eigenvalue weighted by atomic mass is 10.2. The Labute approximate surface area is 226 Å². The summed E-state index contributed by atoms with van der Waals surface area (Å²) in [5.41, 5.74) is 1.96. The van der Waals surface area contributed by atoms with Gasteiger partial charge in [-0.15, -0.1) is 0 Å². The van der Waals surface area contributed by atoms with E-state index in [9.17, 15) is 14.9 Å². The standard InChI is InChI=1S/C23H13Br2ClN2O4S2/c24-18-8-14(9-19(25)21(18)32-12-13-4-6-15(26)7-5-13)10-20-22(29)27(23(33)34-20)16-2-1-3-17(11-16)28(30)31/h1-11H,12H2/b20-10-. The lowest BCUT2D eigenvalue weighted by Gasteiger charge is -2.14. The summed E-state index contributed by atoms with van der Waals surface area (Å²) in [6.45, 7) is 0.357. The molecule has 1 amide bonds. The van der Waals surface area contributed by atoms with Gasteiger partial charge in [-0.25, -0.2) is 0 Å². The second kappa shape index (κ2) is 10.6. The van der Waals surface area contributed by atoms with Gasteiger partial charge in [0.25, 0.3) is 11.6 Å². The molecular weight excluding hydrogens is 628 g/mol. The van der Waals surface area contributed by atoms with Crippen LogP contribution < -0.4 is 9.64 Å². The first-order valence-corrected chi connectivity index (χ1v) is 12.8. The van der Waals surface area contributed by atoms with Gasteiger partial charge in [0.2, 0.25) is 0 Å². The van der Waals surface area contributed by atoms with Gasteiger partial charge in [-0.1, -0.05) is 53.8 Å². The lowest BCUT2D eigenvalue weighted by Crippen LogP contribution is -2.27. The van der Waals surface area contributed by atoms with Crippen LogP contribution >= 0.6 is 67.4 Å². The highest BCUT2D eigenvalue weighted by atomic mass is 79.9. The van der Waals surface area contributed by atoms with Crippen molar-refractivity contribution >= 4 is 95.1 Å². The summed E-state index contributed by atoms with van der Waals surface area (Å²) < 4.78 is 7.66. The fraction of sp³-hybridized carbons (Fsp3) is 0.0435. The number of anilines is 1. The maximum atomic E-state index is 13.0. The first-order chi connectivity index (χ1) is 16.2. The third-order valence-electron chi connectivity index (χ3n) is 4.71. The van der Waals surface area contributed by atoms with Crippen LogP contribution in [0.2, 0.25) is 5.02 Å². The largest absolute Gasteiger partial charge is 0.487 e. The molecule has 172 valence electrons. The van der Waals surface area contributed by atoms with Gasteiger partial charge in [0.1, 0.15) is 12.4 Å². The minimum Gasteiger partial charge on any atom is -0.487 e. The second-order valence-corrected chi connectivity index (χ2v) is 10.8. The summed E-state index contributed by atoms with van der Waals surface area (Å²) in [6, 6.07) is 16.9. The molecule has 0 radical (unpaired) electrons. The Hall–Kier alpha value is -2.24. The molecule has 0 N–H and O–H groups in total. The number of carbonyl (C=O) groups excluding carboxylic acids is 1. The Bertz CT molecular complexity index is 1330. The van der Waals surface area contributed by atoms with Gasteiger partial charge in [0.15, 0.2) is 4.32 Å². The predicted octanol–water partition coefficient (Wildman–Crippen LogP) is 7.76. The van der Waals surface area contributed by atoms with E-state index in [-0.39, 0.29) is 11.6 Å². The van der Waals surface area contributed by atoms with Crippen LogP contribution in [0.15, 0.2) is 74.5 Å². The Morgan fingerprint density at radius 1 is 1.12 bits per heavy atom. The Balaban J connectivity index is 1.55. The smallest absolute Gasteiger partial charge is 0.271 e. The van der Waals surface area contributed by atoms with Crippen molar-refractivity contribution in [1.29, 1.82) is 0 Å². The van der Waals surface area contributed by atoms with Crippen LogP contribution in [0.5, 0.6) is 5.75 Å². The monoisotopic (exact) mass is 638 g/mol. The normalized spacial score (nSPS) is 14.7. The molecule has 1 saturated heterocycles. The third kappa shape index (κ3) is 5.52. The molecule has 4 rings (SSSR count). The van der Waals surface area contributed by atoms with Crippen LogP contribution in [0.3, 0.4) is 0 Å². The SMILES string of the molecule is O=C1/C(=C/c2cc(Br)c(OCc3ccc(Cl)cc3)c(Br)c2)SC(=S)N1c1cccc([N+](=O)[O-])c1. The number of halogens is 3. The summed E-state index contributed by atoms with van der Waals surface area (Å²) in [4.78, 5) is 25.3. The molecule has 0 atom stereocenters. The number of hydrogen-bond donors (Lipinski definition) is 0. The number of carbonyl (C=O) groups is 1. The van der Waals surface area contributed by atoms with Gasteiger partial charge in [-0.2, -0.15) is 0 Å². The molecule has 0 spiro atoms. The van der Waals surface area contributed by atoms with Crippen LogP contribution in [-0.4, -0.2) is 15.2 Å². The van der Waals surface area contributed by atoms with Crippen molar-refractivity contribution in [2.24, 2.45) is 0 Å². The number of thiocarbonyl (C=S) groups is 1. The summed E-state index contributed by atoms with van der Waals surface area (Å²) >= 11 is 19.5. The summed E-state index contributed by atoms with van der Waals surface area (Å²) in [5.74, 6) is 0.280. The molecule has 0 saturated carbocycles. The maximum absolute atomic E-state index is 13.0. The number of rotatable bonds is 6. The molecule has 3 aromatic carbocycles. The number of amides is 1. The van der Waals surface area contributed by atoms with Gasteiger partial charge < -0.3 is 4.74 Å². The number of ether oxygens (including phenoxy) is 1. The van der Waals surface area contributed by atoms with E-state index in [1.54, 1.807) is 24.3 Å². The van der Waals surface area contributed by atoms with E-state index in [1.165, 1.54) is 23.1 Å². The van der Waals surface area contributed by atoms with Gasteiger partial charge in [-0.05, 0) is 79.4 Å². The molecule has 11 heteroatoms. The van der Waals surface area contributed by atoms with E-state index in [0.717, 1.165) is 22.9 Å². The number of benzene rings is 3. The summed E-state index contributed by atoms with van der Waals surface area (Å²) in [6.07, 6.45) is 1.72. The van der Waals surface area contributed by atoms with E-state index in [1.807, 2.05) is 24.3 Å². The molecule has 6 nitrogen and oxygen atoms in total. The molecule has 1 fully saturated rings. The minimum absolute atomic E-state index is 0.113. The van der Waals surface area contributed by atoms with Crippen LogP contribution in [-0.2, 0) is 11.4 Å². The van der Waals surface area contributed by atoms with Crippen molar-refractivity contribution in [3.8, 4) is 5.75 Å². The predicted molar refractivity (Wildman–Crippen MR) is 146 cm³/mol. The average molecular weight is 641 g/mol. The highest BCUT2D eigenvalue weighted by Gasteiger charge is 2.34. The third-order valence-corrected chi connectivity index (χ3v) is 7.44. The first kappa shape index (κ1) is 24.9. The van der Waals surface area contributed by atoms with E-state index < -0.39 is 4.92 Å². The van der Waals surface area contributed by atoms with Crippen molar-refractivity contribution in [3.05, 3.63) is 101 Å². The molecule has 34 heavy (non-hydrogen) atoms. The number of nitrogens with zero attached hydrogens (tertiary/aromatic N) is 2.